The van der Waals surface area contributed by atoms with E-state index in [0.717, 1.165) is 28.2 Å². The van der Waals surface area contributed by atoms with Crippen LogP contribution in [0.2, 0.25) is 0 Å². The minimum absolute atomic E-state index is 0.120. The summed E-state index contributed by atoms with van der Waals surface area (Å²) in [5.41, 5.74) is 0.979. The molecule has 0 aliphatic carbocycles. The van der Waals surface area contributed by atoms with Crippen molar-refractivity contribution >= 4 is 21.6 Å². The van der Waals surface area contributed by atoms with Crippen molar-refractivity contribution in [2.24, 2.45) is 0 Å². The van der Waals surface area contributed by atoms with Gasteiger partial charge < -0.3 is 14.8 Å². The van der Waals surface area contributed by atoms with Crippen LogP contribution in [0.4, 0.5) is 14.5 Å². The van der Waals surface area contributed by atoms with Gasteiger partial charge in [0.15, 0.2) is 11.5 Å². The fraction of sp³-hybridized carbons (Fsp3) is 0.143. The van der Waals surface area contributed by atoms with E-state index in [1.54, 1.807) is 12.1 Å². The molecule has 0 unspecified atom stereocenters. The third-order valence-corrected chi connectivity index (χ3v) is 3.68. The molecule has 2 aromatic carbocycles. The van der Waals surface area contributed by atoms with Crippen molar-refractivity contribution < 1.29 is 18.3 Å². The summed E-state index contributed by atoms with van der Waals surface area (Å²) < 4.78 is 37.9. The summed E-state index contributed by atoms with van der Waals surface area (Å²) in [5.74, 6) is 0.323. The molecule has 0 bridgehead atoms. The van der Waals surface area contributed by atoms with Gasteiger partial charge in [0.1, 0.15) is 11.6 Å². The van der Waals surface area contributed by atoms with E-state index in [4.69, 9.17) is 9.47 Å². The van der Waals surface area contributed by atoms with E-state index in [0.29, 0.717) is 18.0 Å². The molecule has 0 saturated carbocycles. The smallest absolute Gasteiger partial charge is 0.231 e. The van der Waals surface area contributed by atoms with Crippen LogP contribution in [0, 0.1) is 11.6 Å². The van der Waals surface area contributed by atoms with Crippen molar-refractivity contribution in [2.45, 2.75) is 6.54 Å². The topological polar surface area (TPSA) is 30.5 Å². The molecule has 3 nitrogen and oxygen atoms in total. The number of ether oxygens (including phenoxy) is 2. The number of benzene rings is 2. The lowest BCUT2D eigenvalue weighted by atomic mass is 10.2. The maximum Gasteiger partial charge on any atom is 0.231 e. The molecule has 20 heavy (non-hydrogen) atoms. The SMILES string of the molecule is Fc1ccc(F)c(NCc2cc3c(cc2Br)OCO3)c1. The zero-order valence-electron chi connectivity index (χ0n) is 10.3. The van der Waals surface area contributed by atoms with Gasteiger partial charge in [-0.3, -0.25) is 0 Å². The quantitative estimate of drug-likeness (QED) is 0.912. The Balaban J connectivity index is 1.80. The van der Waals surface area contributed by atoms with Crippen LogP contribution >= 0.6 is 15.9 Å². The lowest BCUT2D eigenvalue weighted by Gasteiger charge is -2.10. The monoisotopic (exact) mass is 341 g/mol. The first-order chi connectivity index (χ1) is 9.63. The summed E-state index contributed by atoms with van der Waals surface area (Å²) in [5, 5.41) is 2.86. The molecule has 2 aromatic rings. The Morgan fingerprint density at radius 2 is 1.85 bits per heavy atom. The van der Waals surface area contributed by atoms with Crippen LogP contribution in [-0.4, -0.2) is 6.79 Å². The molecule has 0 atom stereocenters. The van der Waals surface area contributed by atoms with Crippen LogP contribution in [0.1, 0.15) is 5.56 Å². The van der Waals surface area contributed by atoms with Gasteiger partial charge in [-0.25, -0.2) is 8.78 Å². The molecule has 1 aliphatic rings. The lowest BCUT2D eigenvalue weighted by Crippen LogP contribution is -2.02. The van der Waals surface area contributed by atoms with Gasteiger partial charge in [-0.15, -0.1) is 0 Å². The van der Waals surface area contributed by atoms with Gasteiger partial charge in [0.25, 0.3) is 0 Å². The van der Waals surface area contributed by atoms with E-state index in [-0.39, 0.29) is 12.5 Å². The van der Waals surface area contributed by atoms with Gasteiger partial charge in [0, 0.05) is 11.0 Å². The Morgan fingerprint density at radius 1 is 1.10 bits per heavy atom. The number of nitrogens with one attached hydrogen (secondary N) is 1. The number of fused-ring (bicyclic) bond motifs is 1. The minimum atomic E-state index is -0.497. The zero-order chi connectivity index (χ0) is 14.1. The molecular formula is C14H10BrF2NO2. The van der Waals surface area contributed by atoms with Gasteiger partial charge in [-0.1, -0.05) is 15.9 Å². The van der Waals surface area contributed by atoms with Gasteiger partial charge >= 0.3 is 0 Å². The molecule has 6 heteroatoms. The first-order valence-electron chi connectivity index (χ1n) is 5.90. The van der Waals surface area contributed by atoms with Crippen molar-refractivity contribution in [2.75, 3.05) is 12.1 Å². The summed E-state index contributed by atoms with van der Waals surface area (Å²) in [6.07, 6.45) is 0. The van der Waals surface area contributed by atoms with Crippen LogP contribution in [0.25, 0.3) is 0 Å². The van der Waals surface area contributed by atoms with E-state index in [9.17, 15) is 8.78 Å². The highest BCUT2D eigenvalue weighted by atomic mass is 79.9. The molecule has 3 rings (SSSR count). The summed E-state index contributed by atoms with van der Waals surface area (Å²) >= 11 is 3.41. The van der Waals surface area contributed by atoms with Crippen LogP contribution in [0.3, 0.4) is 0 Å². The highest BCUT2D eigenvalue weighted by Crippen LogP contribution is 2.37. The Hall–Kier alpha value is -1.82. The Bertz CT molecular complexity index is 664. The molecule has 1 N–H and O–H groups in total. The number of anilines is 1. The largest absolute Gasteiger partial charge is 0.454 e. The normalized spacial score (nSPS) is 12.6. The molecule has 0 fully saturated rings. The van der Waals surface area contributed by atoms with Crippen LogP contribution < -0.4 is 14.8 Å². The summed E-state index contributed by atoms with van der Waals surface area (Å²) in [7, 11) is 0. The molecule has 0 aromatic heterocycles. The second-order valence-corrected chi connectivity index (χ2v) is 5.13. The van der Waals surface area contributed by atoms with E-state index >= 15 is 0 Å². The van der Waals surface area contributed by atoms with Gasteiger partial charge in [-0.2, -0.15) is 0 Å². The Morgan fingerprint density at radius 3 is 2.65 bits per heavy atom. The Kier molecular flexibility index (Phi) is 3.48. The second-order valence-electron chi connectivity index (χ2n) is 4.27. The molecule has 1 heterocycles. The number of halogens is 3. The molecule has 0 spiro atoms. The van der Waals surface area contributed by atoms with Crippen molar-refractivity contribution in [3.63, 3.8) is 0 Å². The van der Waals surface area contributed by atoms with E-state index < -0.39 is 11.6 Å². The molecule has 0 saturated heterocycles. The average Bonchev–Trinajstić information content (AvgIpc) is 2.86. The fourth-order valence-corrected chi connectivity index (χ4v) is 2.38. The van der Waals surface area contributed by atoms with E-state index in [1.165, 1.54) is 0 Å². The van der Waals surface area contributed by atoms with Gasteiger partial charge in [-0.05, 0) is 35.9 Å². The first-order valence-corrected chi connectivity index (χ1v) is 6.70. The second kappa shape index (κ2) is 5.28. The molecule has 1 aliphatic heterocycles. The lowest BCUT2D eigenvalue weighted by molar-refractivity contribution is 0.174. The predicted octanol–water partition coefficient (Wildman–Crippen LogP) is 4.07. The summed E-state index contributed by atoms with van der Waals surface area (Å²) in [6, 6.07) is 6.89. The Labute approximate surface area is 122 Å². The predicted molar refractivity (Wildman–Crippen MR) is 73.9 cm³/mol. The minimum Gasteiger partial charge on any atom is -0.454 e. The summed E-state index contributed by atoms with van der Waals surface area (Å²) in [6.45, 7) is 0.523. The maximum atomic E-state index is 13.5. The summed E-state index contributed by atoms with van der Waals surface area (Å²) in [4.78, 5) is 0. The highest BCUT2D eigenvalue weighted by Gasteiger charge is 2.16. The number of hydrogen-bond donors (Lipinski definition) is 1. The van der Waals surface area contributed by atoms with Crippen LogP contribution in [-0.2, 0) is 6.54 Å². The van der Waals surface area contributed by atoms with Crippen molar-refractivity contribution in [1.82, 2.24) is 0 Å². The van der Waals surface area contributed by atoms with Gasteiger partial charge in [0.05, 0.1) is 5.69 Å². The highest BCUT2D eigenvalue weighted by molar-refractivity contribution is 9.10. The van der Waals surface area contributed by atoms with Crippen LogP contribution in [0.15, 0.2) is 34.8 Å². The van der Waals surface area contributed by atoms with Crippen molar-refractivity contribution in [3.8, 4) is 11.5 Å². The van der Waals surface area contributed by atoms with E-state index in [2.05, 4.69) is 21.2 Å². The number of rotatable bonds is 3. The maximum absolute atomic E-state index is 13.5. The standard InChI is InChI=1S/C14H10BrF2NO2/c15-10-5-14-13(19-7-20-14)3-8(10)6-18-12-4-9(16)1-2-11(12)17/h1-5,18H,6-7H2. The zero-order valence-corrected chi connectivity index (χ0v) is 11.8. The van der Waals surface area contributed by atoms with E-state index in [1.807, 2.05) is 0 Å². The molecular weight excluding hydrogens is 332 g/mol. The molecule has 104 valence electrons. The third-order valence-electron chi connectivity index (χ3n) is 2.94. The van der Waals surface area contributed by atoms with Gasteiger partial charge in [0.2, 0.25) is 6.79 Å². The molecule has 0 radical (unpaired) electrons. The van der Waals surface area contributed by atoms with Crippen molar-refractivity contribution in [1.29, 1.82) is 0 Å². The average molecular weight is 342 g/mol. The molecule has 0 amide bonds. The third kappa shape index (κ3) is 2.56. The number of hydrogen-bond acceptors (Lipinski definition) is 3. The first kappa shape index (κ1) is 13.2. The fourth-order valence-electron chi connectivity index (χ4n) is 1.92. The van der Waals surface area contributed by atoms with Crippen LogP contribution in [0.5, 0.6) is 11.5 Å². The van der Waals surface area contributed by atoms with Crippen molar-refractivity contribution in [3.05, 3.63) is 52.0 Å².